The van der Waals surface area contributed by atoms with Gasteiger partial charge in [-0.1, -0.05) is 25.5 Å². The Balaban J connectivity index is 2.48. The van der Waals surface area contributed by atoms with E-state index in [0.717, 1.165) is 6.42 Å². The Morgan fingerprint density at radius 2 is 2.27 bits per heavy atom. The van der Waals surface area contributed by atoms with Crippen LogP contribution in [0.1, 0.15) is 47.0 Å². The maximum atomic E-state index is 10.7. The summed E-state index contributed by atoms with van der Waals surface area (Å²) in [4.78, 5) is 10.7. The first kappa shape index (κ1) is 12.3. The van der Waals surface area contributed by atoms with Gasteiger partial charge in [-0.15, -0.1) is 0 Å². The molecule has 0 saturated carbocycles. The van der Waals surface area contributed by atoms with Crippen molar-refractivity contribution in [1.29, 1.82) is 0 Å². The van der Waals surface area contributed by atoms with Crippen molar-refractivity contribution in [2.75, 3.05) is 6.61 Å². The number of rotatable bonds is 3. The van der Waals surface area contributed by atoms with E-state index in [9.17, 15) is 4.79 Å². The lowest BCUT2D eigenvalue weighted by atomic mass is 9.67. The predicted octanol–water partition coefficient (Wildman–Crippen LogP) is 3.32. The molecule has 0 aliphatic heterocycles. The molecule has 1 atom stereocenters. The summed E-state index contributed by atoms with van der Waals surface area (Å²) >= 11 is 0. The highest BCUT2D eigenvalue weighted by atomic mass is 16.5. The number of carbonyl (C=O) groups is 1. The lowest BCUT2D eigenvalue weighted by molar-refractivity contribution is -0.141. The molecule has 0 saturated heterocycles. The summed E-state index contributed by atoms with van der Waals surface area (Å²) in [5.74, 6) is 0.470. The summed E-state index contributed by atoms with van der Waals surface area (Å²) in [6.07, 6.45) is 5.70. The summed E-state index contributed by atoms with van der Waals surface area (Å²) in [6, 6.07) is 0. The van der Waals surface area contributed by atoms with Gasteiger partial charge in [-0.2, -0.15) is 0 Å². The largest absolute Gasteiger partial charge is 0.466 e. The van der Waals surface area contributed by atoms with Gasteiger partial charge in [0.25, 0.3) is 0 Å². The van der Waals surface area contributed by atoms with Crippen molar-refractivity contribution in [3.05, 3.63) is 11.6 Å². The summed E-state index contributed by atoms with van der Waals surface area (Å²) in [6.45, 7) is 8.82. The van der Waals surface area contributed by atoms with E-state index in [0.29, 0.717) is 12.5 Å². The number of carbonyl (C=O) groups excluding carboxylic acids is 1. The molecule has 0 heterocycles. The molecule has 0 spiro atoms. The van der Waals surface area contributed by atoms with Crippen LogP contribution in [0.2, 0.25) is 0 Å². The van der Waals surface area contributed by atoms with Gasteiger partial charge in [-0.3, -0.25) is 4.79 Å². The first-order valence-electron chi connectivity index (χ1n) is 5.75. The number of ether oxygens (including phenoxy) is 1. The van der Waals surface area contributed by atoms with Crippen molar-refractivity contribution in [1.82, 2.24) is 0 Å². The highest BCUT2D eigenvalue weighted by molar-refractivity contribution is 5.65. The Morgan fingerprint density at radius 1 is 1.60 bits per heavy atom. The molecule has 1 aliphatic rings. The SMILES string of the molecule is CC(=O)OCCC1CCC=C(C)C1(C)C. The first-order valence-corrected chi connectivity index (χ1v) is 5.75. The highest BCUT2D eigenvalue weighted by Crippen LogP contribution is 2.42. The minimum atomic E-state index is -0.170. The van der Waals surface area contributed by atoms with Gasteiger partial charge in [0.2, 0.25) is 0 Å². The quantitative estimate of drug-likeness (QED) is 0.527. The van der Waals surface area contributed by atoms with E-state index in [2.05, 4.69) is 26.8 Å². The molecule has 0 N–H and O–H groups in total. The summed E-state index contributed by atoms with van der Waals surface area (Å²) < 4.78 is 5.01. The predicted molar refractivity (Wildman–Crippen MR) is 61.5 cm³/mol. The Labute approximate surface area is 92.7 Å². The minimum Gasteiger partial charge on any atom is -0.466 e. The van der Waals surface area contributed by atoms with Crippen LogP contribution in [0.4, 0.5) is 0 Å². The van der Waals surface area contributed by atoms with Crippen LogP contribution >= 0.6 is 0 Å². The van der Waals surface area contributed by atoms with Crippen LogP contribution in [0.5, 0.6) is 0 Å². The van der Waals surface area contributed by atoms with Gasteiger partial charge in [0, 0.05) is 6.92 Å². The second kappa shape index (κ2) is 4.82. The smallest absolute Gasteiger partial charge is 0.302 e. The van der Waals surface area contributed by atoms with Gasteiger partial charge >= 0.3 is 5.97 Å². The fourth-order valence-corrected chi connectivity index (χ4v) is 2.30. The second-order valence-electron chi connectivity index (χ2n) is 5.01. The van der Waals surface area contributed by atoms with Crippen molar-refractivity contribution < 1.29 is 9.53 Å². The zero-order chi connectivity index (χ0) is 11.5. The maximum Gasteiger partial charge on any atom is 0.302 e. The van der Waals surface area contributed by atoms with Crippen LogP contribution in [0, 0.1) is 11.3 Å². The van der Waals surface area contributed by atoms with E-state index in [-0.39, 0.29) is 11.4 Å². The molecule has 0 bridgehead atoms. The molecular formula is C13H22O2. The normalized spacial score (nSPS) is 24.5. The number of hydrogen-bond donors (Lipinski definition) is 0. The van der Waals surface area contributed by atoms with Crippen LogP contribution in [0.3, 0.4) is 0 Å². The molecule has 0 aromatic rings. The molecule has 86 valence electrons. The van der Waals surface area contributed by atoms with Gasteiger partial charge in [0.1, 0.15) is 0 Å². The van der Waals surface area contributed by atoms with Crippen LogP contribution in [0.15, 0.2) is 11.6 Å². The van der Waals surface area contributed by atoms with Gasteiger partial charge < -0.3 is 4.74 Å². The molecule has 15 heavy (non-hydrogen) atoms. The summed E-state index contributed by atoms with van der Waals surface area (Å²) in [5.41, 5.74) is 1.74. The summed E-state index contributed by atoms with van der Waals surface area (Å²) in [7, 11) is 0. The maximum absolute atomic E-state index is 10.7. The average molecular weight is 210 g/mol. The van der Waals surface area contributed by atoms with E-state index < -0.39 is 0 Å². The Morgan fingerprint density at radius 3 is 2.87 bits per heavy atom. The summed E-state index contributed by atoms with van der Waals surface area (Å²) in [5, 5.41) is 0. The van der Waals surface area contributed by atoms with Gasteiger partial charge in [0.05, 0.1) is 6.61 Å². The van der Waals surface area contributed by atoms with Crippen molar-refractivity contribution in [2.45, 2.75) is 47.0 Å². The Bertz CT molecular complexity index is 264. The average Bonchev–Trinajstić information content (AvgIpc) is 2.12. The van der Waals surface area contributed by atoms with Crippen molar-refractivity contribution in [3.63, 3.8) is 0 Å². The Hall–Kier alpha value is -0.790. The van der Waals surface area contributed by atoms with Crippen molar-refractivity contribution in [2.24, 2.45) is 11.3 Å². The topological polar surface area (TPSA) is 26.3 Å². The number of esters is 1. The molecule has 2 heteroatoms. The molecule has 0 aromatic heterocycles. The number of hydrogen-bond acceptors (Lipinski definition) is 2. The molecule has 1 unspecified atom stereocenters. The third-order valence-corrected chi connectivity index (χ3v) is 3.77. The van der Waals surface area contributed by atoms with E-state index in [1.54, 1.807) is 0 Å². The van der Waals surface area contributed by atoms with Crippen molar-refractivity contribution in [3.8, 4) is 0 Å². The van der Waals surface area contributed by atoms with E-state index in [1.807, 2.05) is 0 Å². The van der Waals surface area contributed by atoms with Crippen LogP contribution in [0.25, 0.3) is 0 Å². The third kappa shape index (κ3) is 3.08. The fraction of sp³-hybridized carbons (Fsp3) is 0.769. The molecule has 0 amide bonds. The zero-order valence-corrected chi connectivity index (χ0v) is 10.3. The van der Waals surface area contributed by atoms with Gasteiger partial charge in [0.15, 0.2) is 0 Å². The monoisotopic (exact) mass is 210 g/mol. The highest BCUT2D eigenvalue weighted by Gasteiger charge is 2.32. The number of allylic oxidation sites excluding steroid dienone is 2. The lowest BCUT2D eigenvalue weighted by Gasteiger charge is -2.38. The molecule has 2 nitrogen and oxygen atoms in total. The van der Waals surface area contributed by atoms with E-state index >= 15 is 0 Å². The zero-order valence-electron chi connectivity index (χ0n) is 10.3. The van der Waals surface area contributed by atoms with E-state index in [1.165, 1.54) is 25.3 Å². The standard InChI is InChI=1S/C13H22O2/c1-10-6-5-7-12(13(10,3)4)8-9-15-11(2)14/h6,12H,5,7-9H2,1-4H3. The second-order valence-corrected chi connectivity index (χ2v) is 5.01. The molecule has 0 aromatic carbocycles. The fourth-order valence-electron chi connectivity index (χ4n) is 2.30. The first-order chi connectivity index (χ1) is 6.94. The Kier molecular flexibility index (Phi) is 3.95. The molecule has 0 fully saturated rings. The van der Waals surface area contributed by atoms with Crippen LogP contribution < -0.4 is 0 Å². The van der Waals surface area contributed by atoms with Crippen LogP contribution in [-0.2, 0) is 9.53 Å². The van der Waals surface area contributed by atoms with E-state index in [4.69, 9.17) is 4.74 Å². The van der Waals surface area contributed by atoms with Crippen molar-refractivity contribution >= 4 is 5.97 Å². The molecular weight excluding hydrogens is 188 g/mol. The molecule has 1 rings (SSSR count). The molecule has 1 aliphatic carbocycles. The van der Waals surface area contributed by atoms with Crippen LogP contribution in [-0.4, -0.2) is 12.6 Å². The lowest BCUT2D eigenvalue weighted by Crippen LogP contribution is -2.29. The van der Waals surface area contributed by atoms with Gasteiger partial charge in [-0.25, -0.2) is 0 Å². The molecule has 0 radical (unpaired) electrons. The third-order valence-electron chi connectivity index (χ3n) is 3.77. The minimum absolute atomic E-state index is 0.170. The van der Waals surface area contributed by atoms with Gasteiger partial charge in [-0.05, 0) is 37.5 Å².